The average molecular weight is 270 g/mol. The van der Waals surface area contributed by atoms with Gasteiger partial charge in [0.05, 0.1) is 18.9 Å². The quantitative estimate of drug-likeness (QED) is 0.646. The number of hydrogen-bond acceptors (Lipinski definition) is 5. The summed E-state index contributed by atoms with van der Waals surface area (Å²) in [5.74, 6) is 6.97. The molecule has 0 amide bonds. The van der Waals surface area contributed by atoms with E-state index in [9.17, 15) is 0 Å². The number of anilines is 1. The highest BCUT2D eigenvalue weighted by Gasteiger charge is 2.19. The Morgan fingerprint density at radius 2 is 2.10 bits per heavy atom. The fourth-order valence-corrected chi connectivity index (χ4v) is 2.45. The predicted octanol–water partition coefficient (Wildman–Crippen LogP) is 2.12. The standard InChI is InChI=1S/C15H18N4O/c1-9-3-4-10(2)11(7-9)14-17-13-5-6-20-8-12(13)15(18-14)19-16/h3-4,7H,5-6,8,16H2,1-2H3,(H,17,18,19). The van der Waals surface area contributed by atoms with E-state index in [1.54, 1.807) is 0 Å². The summed E-state index contributed by atoms with van der Waals surface area (Å²) in [5, 5.41) is 0. The van der Waals surface area contributed by atoms with Crippen LogP contribution in [-0.4, -0.2) is 16.6 Å². The molecule has 0 fully saturated rings. The molecule has 0 aliphatic carbocycles. The minimum absolute atomic E-state index is 0.516. The normalized spacial score (nSPS) is 13.9. The zero-order chi connectivity index (χ0) is 14.1. The van der Waals surface area contributed by atoms with E-state index < -0.39 is 0 Å². The number of benzene rings is 1. The first-order valence-corrected chi connectivity index (χ1v) is 6.71. The lowest BCUT2D eigenvalue weighted by molar-refractivity contribution is 0.109. The van der Waals surface area contributed by atoms with Crippen LogP contribution in [0, 0.1) is 13.8 Å². The van der Waals surface area contributed by atoms with Gasteiger partial charge in [0, 0.05) is 17.5 Å². The van der Waals surface area contributed by atoms with Crippen LogP contribution in [0.25, 0.3) is 11.4 Å². The van der Waals surface area contributed by atoms with E-state index in [1.165, 1.54) is 5.56 Å². The minimum Gasteiger partial charge on any atom is -0.376 e. The summed E-state index contributed by atoms with van der Waals surface area (Å²) in [7, 11) is 0. The summed E-state index contributed by atoms with van der Waals surface area (Å²) in [6, 6.07) is 6.29. The monoisotopic (exact) mass is 270 g/mol. The molecule has 1 aromatic heterocycles. The molecule has 2 aromatic rings. The van der Waals surface area contributed by atoms with Crippen molar-refractivity contribution in [3.8, 4) is 11.4 Å². The molecular weight excluding hydrogens is 252 g/mol. The molecule has 20 heavy (non-hydrogen) atoms. The summed E-state index contributed by atoms with van der Waals surface area (Å²) < 4.78 is 5.45. The number of ether oxygens (including phenoxy) is 1. The Balaban J connectivity index is 2.17. The molecule has 0 saturated carbocycles. The fourth-order valence-electron chi connectivity index (χ4n) is 2.45. The molecule has 2 heterocycles. The number of nitrogens with one attached hydrogen (secondary N) is 1. The van der Waals surface area contributed by atoms with Gasteiger partial charge in [0.25, 0.3) is 0 Å². The third-order valence-corrected chi connectivity index (χ3v) is 3.59. The Labute approximate surface area is 118 Å². The Kier molecular flexibility index (Phi) is 3.38. The van der Waals surface area contributed by atoms with Gasteiger partial charge < -0.3 is 10.2 Å². The molecule has 0 spiro atoms. The lowest BCUT2D eigenvalue weighted by atomic mass is 10.0. The summed E-state index contributed by atoms with van der Waals surface area (Å²) in [4.78, 5) is 9.26. The van der Waals surface area contributed by atoms with E-state index in [-0.39, 0.29) is 0 Å². The Bertz CT molecular complexity index is 637. The summed E-state index contributed by atoms with van der Waals surface area (Å²) in [5.41, 5.74) is 8.06. The van der Waals surface area contributed by atoms with Gasteiger partial charge in [-0.1, -0.05) is 17.7 Å². The number of hydrogen-bond donors (Lipinski definition) is 2. The van der Waals surface area contributed by atoms with Crippen molar-refractivity contribution in [2.24, 2.45) is 5.84 Å². The van der Waals surface area contributed by atoms with Crippen molar-refractivity contribution < 1.29 is 4.74 Å². The molecule has 3 rings (SSSR count). The van der Waals surface area contributed by atoms with Crippen LogP contribution in [0.2, 0.25) is 0 Å². The first-order valence-electron chi connectivity index (χ1n) is 6.71. The molecule has 0 radical (unpaired) electrons. The summed E-state index contributed by atoms with van der Waals surface area (Å²) >= 11 is 0. The maximum Gasteiger partial charge on any atom is 0.162 e. The van der Waals surface area contributed by atoms with Crippen molar-refractivity contribution in [3.63, 3.8) is 0 Å². The van der Waals surface area contributed by atoms with Crippen LogP contribution in [-0.2, 0) is 17.8 Å². The zero-order valence-electron chi connectivity index (χ0n) is 11.7. The van der Waals surface area contributed by atoms with E-state index in [4.69, 9.17) is 15.6 Å². The van der Waals surface area contributed by atoms with Gasteiger partial charge >= 0.3 is 0 Å². The smallest absolute Gasteiger partial charge is 0.162 e. The second-order valence-electron chi connectivity index (χ2n) is 5.09. The number of fused-ring (bicyclic) bond motifs is 1. The number of aromatic nitrogens is 2. The highest BCUT2D eigenvalue weighted by atomic mass is 16.5. The van der Waals surface area contributed by atoms with Gasteiger partial charge in [0.1, 0.15) is 5.82 Å². The summed E-state index contributed by atoms with van der Waals surface area (Å²) in [6.07, 6.45) is 0.796. The highest BCUT2D eigenvalue weighted by Crippen LogP contribution is 2.27. The number of nitrogens with zero attached hydrogens (tertiary/aromatic N) is 2. The van der Waals surface area contributed by atoms with Crippen LogP contribution in [0.15, 0.2) is 18.2 Å². The van der Waals surface area contributed by atoms with E-state index in [0.29, 0.717) is 19.0 Å². The third kappa shape index (κ3) is 2.26. The van der Waals surface area contributed by atoms with E-state index in [1.807, 2.05) is 0 Å². The SMILES string of the molecule is Cc1ccc(C)c(-c2nc3c(c(NN)n2)COCC3)c1. The van der Waals surface area contributed by atoms with Gasteiger partial charge in [-0.3, -0.25) is 0 Å². The van der Waals surface area contributed by atoms with Gasteiger partial charge in [-0.05, 0) is 25.5 Å². The second-order valence-corrected chi connectivity index (χ2v) is 5.09. The molecule has 1 aromatic carbocycles. The van der Waals surface area contributed by atoms with Crippen LogP contribution in [0.5, 0.6) is 0 Å². The molecule has 0 atom stereocenters. The maximum atomic E-state index is 5.59. The number of nitrogen functional groups attached to an aromatic ring is 1. The van der Waals surface area contributed by atoms with Crippen molar-refractivity contribution in [3.05, 3.63) is 40.6 Å². The van der Waals surface area contributed by atoms with Gasteiger partial charge in [-0.2, -0.15) is 0 Å². The third-order valence-electron chi connectivity index (χ3n) is 3.59. The van der Waals surface area contributed by atoms with Crippen LogP contribution in [0.1, 0.15) is 22.4 Å². The van der Waals surface area contributed by atoms with Gasteiger partial charge in [-0.15, -0.1) is 0 Å². The van der Waals surface area contributed by atoms with E-state index in [0.717, 1.165) is 34.6 Å². The zero-order valence-corrected chi connectivity index (χ0v) is 11.7. The van der Waals surface area contributed by atoms with Crippen molar-refractivity contribution >= 4 is 5.82 Å². The fraction of sp³-hybridized carbons (Fsp3) is 0.333. The first kappa shape index (κ1) is 13.0. The number of hydrazine groups is 1. The molecule has 0 unspecified atom stereocenters. The number of aryl methyl sites for hydroxylation is 2. The predicted molar refractivity (Wildman–Crippen MR) is 78.1 cm³/mol. The largest absolute Gasteiger partial charge is 0.376 e. The molecular formula is C15H18N4O. The number of nitrogens with two attached hydrogens (primary N) is 1. The van der Waals surface area contributed by atoms with Crippen molar-refractivity contribution in [1.82, 2.24) is 9.97 Å². The lowest BCUT2D eigenvalue weighted by Crippen LogP contribution is -2.19. The number of rotatable bonds is 2. The molecule has 1 aliphatic heterocycles. The highest BCUT2D eigenvalue weighted by molar-refractivity contribution is 5.64. The van der Waals surface area contributed by atoms with E-state index >= 15 is 0 Å². The van der Waals surface area contributed by atoms with Crippen molar-refractivity contribution in [1.29, 1.82) is 0 Å². The molecule has 1 aliphatic rings. The molecule has 0 saturated heterocycles. The molecule has 3 N–H and O–H groups in total. The van der Waals surface area contributed by atoms with E-state index in [2.05, 4.69) is 42.5 Å². The maximum absolute atomic E-state index is 5.59. The molecule has 5 heteroatoms. The lowest BCUT2D eigenvalue weighted by Gasteiger charge is -2.19. The van der Waals surface area contributed by atoms with Gasteiger partial charge in [0.2, 0.25) is 0 Å². The Morgan fingerprint density at radius 3 is 2.90 bits per heavy atom. The average Bonchev–Trinajstić information content (AvgIpc) is 2.48. The van der Waals surface area contributed by atoms with Gasteiger partial charge in [-0.25, -0.2) is 15.8 Å². The van der Waals surface area contributed by atoms with Crippen molar-refractivity contribution in [2.75, 3.05) is 12.0 Å². The minimum atomic E-state index is 0.516. The topological polar surface area (TPSA) is 73.1 Å². The molecule has 104 valence electrons. The first-order chi connectivity index (χ1) is 9.69. The van der Waals surface area contributed by atoms with Crippen molar-refractivity contribution in [2.45, 2.75) is 26.9 Å². The van der Waals surface area contributed by atoms with Crippen LogP contribution < -0.4 is 11.3 Å². The van der Waals surface area contributed by atoms with Crippen LogP contribution in [0.3, 0.4) is 0 Å². The Morgan fingerprint density at radius 1 is 1.25 bits per heavy atom. The van der Waals surface area contributed by atoms with Gasteiger partial charge in [0.15, 0.2) is 5.82 Å². The molecule has 5 nitrogen and oxygen atoms in total. The Hall–Kier alpha value is -1.98. The summed E-state index contributed by atoms with van der Waals surface area (Å²) in [6.45, 7) is 5.34. The molecule has 0 bridgehead atoms. The van der Waals surface area contributed by atoms with Crippen LogP contribution in [0.4, 0.5) is 5.82 Å². The second kappa shape index (κ2) is 5.19. The van der Waals surface area contributed by atoms with Crippen LogP contribution >= 0.6 is 0 Å².